The molecule has 1 aromatic heterocycles. The highest BCUT2D eigenvalue weighted by Crippen LogP contribution is 2.37. The van der Waals surface area contributed by atoms with Gasteiger partial charge in [0.15, 0.2) is 10.7 Å². The molecule has 3 aromatic rings. The first-order valence-corrected chi connectivity index (χ1v) is 14.7. The van der Waals surface area contributed by atoms with Crippen molar-refractivity contribution in [3.8, 4) is 5.75 Å². The van der Waals surface area contributed by atoms with Crippen molar-refractivity contribution in [1.82, 2.24) is 9.46 Å². The van der Waals surface area contributed by atoms with Crippen LogP contribution in [-0.4, -0.2) is 49.5 Å². The van der Waals surface area contributed by atoms with Crippen LogP contribution in [0.2, 0.25) is 0 Å². The number of hydrogen-bond acceptors (Lipinski definition) is 6. The topological polar surface area (TPSA) is 93.0 Å². The third-order valence-electron chi connectivity index (χ3n) is 7.42. The first-order chi connectivity index (χ1) is 19.1. The van der Waals surface area contributed by atoms with Gasteiger partial charge in [-0.05, 0) is 75.1 Å². The molecule has 0 radical (unpaired) electrons. The van der Waals surface area contributed by atoms with E-state index in [-0.39, 0.29) is 52.9 Å². The first kappa shape index (κ1) is 28.0. The summed E-state index contributed by atoms with van der Waals surface area (Å²) in [6, 6.07) is 8.89. The molecule has 0 saturated carbocycles. The number of fused-ring (bicyclic) bond motifs is 1. The molecule has 3 heterocycles. The van der Waals surface area contributed by atoms with Crippen molar-refractivity contribution in [1.29, 1.82) is 0 Å². The Hall–Kier alpha value is -3.57. The molecule has 40 heavy (non-hydrogen) atoms. The summed E-state index contributed by atoms with van der Waals surface area (Å²) in [5.41, 5.74) is 2.01. The van der Waals surface area contributed by atoms with Crippen LogP contribution in [0, 0.1) is 31.4 Å². The quantitative estimate of drug-likeness (QED) is 0.396. The second-order valence-electron chi connectivity index (χ2n) is 10.2. The second-order valence-corrected chi connectivity index (χ2v) is 12.1. The molecule has 0 spiro atoms. The standard InChI is InChI=1S/C29H31F2N3O5S/c1-4-23-17-34(25-15-18(2)5-9-26(25)38-23)29(35)21-11-13-33(14-12-21)40(36,37)28-19(3)32-39-27(28)10-7-20-6-8-22(30)16-24(20)31/h5-10,15-16,21,23H,4,11-14,17H2,1-3H3/b10-7+/t23-/m1/s1. The van der Waals surface area contributed by atoms with Gasteiger partial charge >= 0.3 is 0 Å². The van der Waals surface area contributed by atoms with Crippen molar-refractivity contribution >= 4 is 33.8 Å². The molecule has 5 rings (SSSR count). The molecule has 2 aliphatic heterocycles. The number of benzene rings is 2. The summed E-state index contributed by atoms with van der Waals surface area (Å²) in [7, 11) is -4.02. The number of carbonyl (C=O) groups is 1. The van der Waals surface area contributed by atoms with E-state index in [9.17, 15) is 22.0 Å². The van der Waals surface area contributed by atoms with Crippen molar-refractivity contribution in [2.45, 2.75) is 51.0 Å². The van der Waals surface area contributed by atoms with Gasteiger partial charge in [0.25, 0.3) is 0 Å². The van der Waals surface area contributed by atoms with Crippen LogP contribution in [0.4, 0.5) is 14.5 Å². The van der Waals surface area contributed by atoms with Crippen LogP contribution in [0.5, 0.6) is 5.75 Å². The van der Waals surface area contributed by atoms with Gasteiger partial charge in [0.1, 0.15) is 29.2 Å². The number of piperidine rings is 1. The predicted molar refractivity (Wildman–Crippen MR) is 146 cm³/mol. The molecule has 2 aromatic carbocycles. The van der Waals surface area contributed by atoms with E-state index in [0.29, 0.717) is 25.1 Å². The summed E-state index contributed by atoms with van der Waals surface area (Å²) < 4.78 is 67.2. The minimum absolute atomic E-state index is 0.0308. The zero-order valence-electron chi connectivity index (χ0n) is 22.6. The van der Waals surface area contributed by atoms with Crippen molar-refractivity contribution in [3.63, 3.8) is 0 Å². The summed E-state index contributed by atoms with van der Waals surface area (Å²) in [6.07, 6.45) is 4.00. The van der Waals surface area contributed by atoms with E-state index in [1.165, 1.54) is 29.4 Å². The molecule has 1 atom stereocenters. The molecule has 0 N–H and O–H groups in total. The second kappa shape index (κ2) is 11.1. The Kier molecular flexibility index (Phi) is 7.78. The zero-order chi connectivity index (χ0) is 28.6. The highest BCUT2D eigenvalue weighted by atomic mass is 32.2. The molecule has 212 valence electrons. The largest absolute Gasteiger partial charge is 0.486 e. The van der Waals surface area contributed by atoms with Crippen LogP contribution < -0.4 is 9.64 Å². The number of rotatable bonds is 6. The Morgan fingerprint density at radius 3 is 2.55 bits per heavy atom. The normalized spacial score (nSPS) is 18.6. The lowest BCUT2D eigenvalue weighted by molar-refractivity contribution is -0.124. The van der Waals surface area contributed by atoms with Crippen molar-refractivity contribution < 1.29 is 31.3 Å². The van der Waals surface area contributed by atoms with Gasteiger partial charge in [0, 0.05) is 30.6 Å². The Balaban J connectivity index is 1.32. The minimum atomic E-state index is -4.02. The van der Waals surface area contributed by atoms with Crippen LogP contribution in [0.1, 0.15) is 48.8 Å². The molecule has 11 heteroatoms. The van der Waals surface area contributed by atoms with E-state index in [4.69, 9.17) is 9.26 Å². The molecule has 1 fully saturated rings. The van der Waals surface area contributed by atoms with Gasteiger partial charge in [-0.1, -0.05) is 18.1 Å². The van der Waals surface area contributed by atoms with Crippen molar-refractivity contribution in [3.05, 3.63) is 70.6 Å². The number of amides is 1. The number of ether oxygens (including phenoxy) is 1. The van der Waals surface area contributed by atoms with Crippen LogP contribution >= 0.6 is 0 Å². The monoisotopic (exact) mass is 571 g/mol. The predicted octanol–water partition coefficient (Wildman–Crippen LogP) is 5.34. The molecular weight excluding hydrogens is 540 g/mol. The highest BCUT2D eigenvalue weighted by molar-refractivity contribution is 7.89. The Labute approximate surface area is 232 Å². The van der Waals surface area contributed by atoms with Gasteiger partial charge in [0.05, 0.1) is 12.2 Å². The maximum absolute atomic E-state index is 14.1. The van der Waals surface area contributed by atoms with Gasteiger partial charge in [-0.25, -0.2) is 17.2 Å². The minimum Gasteiger partial charge on any atom is -0.486 e. The van der Waals surface area contributed by atoms with Gasteiger partial charge in [-0.3, -0.25) is 4.79 Å². The smallest absolute Gasteiger partial charge is 0.248 e. The number of carbonyl (C=O) groups excluding carboxylic acids is 1. The molecule has 0 aliphatic carbocycles. The molecular formula is C29H31F2N3O5S. The van der Waals surface area contributed by atoms with E-state index < -0.39 is 21.7 Å². The fraction of sp³-hybridized carbons (Fsp3) is 0.379. The van der Waals surface area contributed by atoms with E-state index in [0.717, 1.165) is 29.8 Å². The number of anilines is 1. The fourth-order valence-corrected chi connectivity index (χ4v) is 6.89. The fourth-order valence-electron chi connectivity index (χ4n) is 5.17. The molecule has 0 unspecified atom stereocenters. The lowest BCUT2D eigenvalue weighted by Gasteiger charge is -2.38. The van der Waals surface area contributed by atoms with Crippen LogP contribution in [0.25, 0.3) is 12.2 Å². The number of hydrogen-bond donors (Lipinski definition) is 0. The summed E-state index contributed by atoms with van der Waals surface area (Å²) >= 11 is 0. The van der Waals surface area contributed by atoms with Crippen LogP contribution in [-0.2, 0) is 14.8 Å². The molecule has 1 saturated heterocycles. The Morgan fingerprint density at radius 1 is 1.10 bits per heavy atom. The highest BCUT2D eigenvalue weighted by Gasteiger charge is 2.39. The molecule has 0 bridgehead atoms. The van der Waals surface area contributed by atoms with Gasteiger partial charge in [-0.15, -0.1) is 0 Å². The number of aryl methyl sites for hydroxylation is 2. The lowest BCUT2D eigenvalue weighted by atomic mass is 9.95. The SMILES string of the molecule is CC[C@@H]1CN(C(=O)C2CCN(S(=O)(=O)c3c(C)noc3/C=C/c3ccc(F)cc3F)CC2)c2cc(C)ccc2O1. The maximum Gasteiger partial charge on any atom is 0.248 e. The van der Waals surface area contributed by atoms with E-state index in [2.05, 4.69) is 5.16 Å². The van der Waals surface area contributed by atoms with Crippen LogP contribution in [0.15, 0.2) is 45.8 Å². The summed E-state index contributed by atoms with van der Waals surface area (Å²) in [4.78, 5) is 15.3. The summed E-state index contributed by atoms with van der Waals surface area (Å²) in [5.74, 6) is -1.23. The van der Waals surface area contributed by atoms with Gasteiger partial charge < -0.3 is 14.2 Å². The third kappa shape index (κ3) is 5.40. The number of nitrogens with zero attached hydrogens (tertiary/aromatic N) is 3. The maximum atomic E-state index is 14.1. The Morgan fingerprint density at radius 2 is 1.85 bits per heavy atom. The van der Waals surface area contributed by atoms with Crippen molar-refractivity contribution in [2.24, 2.45) is 5.92 Å². The molecule has 8 nitrogen and oxygen atoms in total. The van der Waals surface area contributed by atoms with Gasteiger partial charge in [-0.2, -0.15) is 4.31 Å². The first-order valence-electron chi connectivity index (χ1n) is 13.3. The number of halogens is 2. The van der Waals surface area contributed by atoms with E-state index >= 15 is 0 Å². The zero-order valence-corrected chi connectivity index (χ0v) is 23.4. The average Bonchev–Trinajstić information content (AvgIpc) is 3.32. The number of aromatic nitrogens is 1. The van der Waals surface area contributed by atoms with E-state index in [1.807, 2.05) is 32.0 Å². The van der Waals surface area contributed by atoms with Gasteiger partial charge in [0.2, 0.25) is 15.9 Å². The molecule has 2 aliphatic rings. The van der Waals surface area contributed by atoms with E-state index in [1.54, 1.807) is 4.90 Å². The Bertz CT molecular complexity index is 1560. The molecule has 1 amide bonds. The third-order valence-corrected chi connectivity index (χ3v) is 9.48. The lowest BCUT2D eigenvalue weighted by Crippen LogP contribution is -2.49. The van der Waals surface area contributed by atoms with Crippen molar-refractivity contribution in [2.75, 3.05) is 24.5 Å². The average molecular weight is 572 g/mol. The summed E-state index contributed by atoms with van der Waals surface area (Å²) in [5, 5.41) is 3.82. The van der Waals surface area contributed by atoms with Crippen LogP contribution in [0.3, 0.4) is 0 Å². The summed E-state index contributed by atoms with van der Waals surface area (Å²) in [6.45, 7) is 6.26. The number of sulfonamides is 1.